The second kappa shape index (κ2) is 5.34. The van der Waals surface area contributed by atoms with Crippen molar-refractivity contribution in [2.24, 2.45) is 0 Å². The van der Waals surface area contributed by atoms with Crippen LogP contribution in [0.1, 0.15) is 13.3 Å². The number of hydrogen-bond donors (Lipinski definition) is 0. The van der Waals surface area contributed by atoms with Crippen molar-refractivity contribution >= 4 is 17.7 Å². The first-order valence-corrected chi connectivity index (χ1v) is 2.53. The summed E-state index contributed by atoms with van der Waals surface area (Å²) in [5.74, 6) is 0. The molecule has 0 aliphatic heterocycles. The fraction of sp³-hybridized carbons (Fsp3) is 0.600. The zero-order valence-electron chi connectivity index (χ0n) is 4.57. The van der Waals surface area contributed by atoms with Crippen molar-refractivity contribution in [2.75, 3.05) is 0 Å². The van der Waals surface area contributed by atoms with Crippen LogP contribution in [0.5, 0.6) is 0 Å². The van der Waals surface area contributed by atoms with E-state index in [2.05, 4.69) is 36.8 Å². The molecule has 0 spiro atoms. The van der Waals surface area contributed by atoms with Gasteiger partial charge in [-0.3, -0.25) is 0 Å². The van der Waals surface area contributed by atoms with Crippen LogP contribution in [0.3, 0.4) is 0 Å². The van der Waals surface area contributed by atoms with E-state index in [1.54, 1.807) is 0 Å². The molecule has 0 radical (unpaired) electrons. The molecule has 0 bridgehead atoms. The molecule has 0 heterocycles. The molecule has 0 saturated heterocycles. The van der Waals surface area contributed by atoms with E-state index >= 15 is 0 Å². The van der Waals surface area contributed by atoms with E-state index in [0.29, 0.717) is 0 Å². The number of allylic oxidation sites excluding steroid dienone is 2. The zero-order chi connectivity index (χ0) is 4.83. The molecule has 6 heavy (non-hydrogen) atoms. The summed E-state index contributed by atoms with van der Waals surface area (Å²) in [6, 6.07) is 0. The van der Waals surface area contributed by atoms with E-state index in [1.807, 2.05) is 0 Å². The van der Waals surface area contributed by atoms with Crippen LogP contribution < -0.4 is 0 Å². The maximum atomic E-state index is 2.18. The van der Waals surface area contributed by atoms with E-state index in [9.17, 15) is 0 Å². The molecule has 0 atom stereocenters. The third-order valence-electron chi connectivity index (χ3n) is 0.691. The zero-order valence-corrected chi connectivity index (χ0v) is 4.57. The van der Waals surface area contributed by atoms with Crippen molar-refractivity contribution in [3.05, 3.63) is 12.2 Å². The second-order valence-electron chi connectivity index (χ2n) is 1.36. The Bertz CT molecular complexity index is 39.2. The molecule has 0 saturated carbocycles. The minimum atomic E-state index is 1.23. The summed E-state index contributed by atoms with van der Waals surface area (Å²) in [6.45, 7) is 2.05. The molecular weight excluding hydrogens is 67.0 g/mol. The first-order valence-electron chi connectivity index (χ1n) is 2.53. The van der Waals surface area contributed by atoms with E-state index in [4.69, 9.17) is 0 Å². The monoisotopic (exact) mass is 76.1 g/mol. The van der Waals surface area contributed by atoms with Crippen LogP contribution >= 0.6 is 0 Å². The van der Waals surface area contributed by atoms with Gasteiger partial charge in [0.25, 0.3) is 0 Å². The predicted octanol–water partition coefficient (Wildman–Crippen LogP) is 1.54. The van der Waals surface area contributed by atoms with Gasteiger partial charge in [-0.2, -0.15) is 0 Å². The Labute approximate surface area is 48.8 Å². The van der Waals surface area contributed by atoms with Gasteiger partial charge in [0.2, 0.25) is 0 Å². The maximum absolute atomic E-state index is 2.18. The van der Waals surface area contributed by atoms with Gasteiger partial charge < -0.3 is 0 Å². The molecule has 0 aromatic heterocycles. The fourth-order valence-electron chi connectivity index (χ4n) is 0.333. The summed E-state index contributed by atoms with van der Waals surface area (Å²) in [5.41, 5.74) is 0. The Morgan fingerprint density at radius 2 is 2.33 bits per heavy atom. The minimum absolute atomic E-state index is 1.23. The first-order chi connectivity index (χ1) is 2.91. The molecule has 0 nitrogen and oxygen atoms in total. The van der Waals surface area contributed by atoms with E-state index in [1.165, 1.54) is 11.5 Å². The molecule has 0 N–H and O–H groups in total. The molecule has 0 unspecified atom stereocenters. The molecular formula is C5H9Li. The SMILES string of the molecule is [Li][CH2]C/C=C/C. The van der Waals surface area contributed by atoms with Crippen molar-refractivity contribution in [1.82, 2.24) is 0 Å². The van der Waals surface area contributed by atoms with E-state index < -0.39 is 0 Å². The first kappa shape index (κ1) is 6.34. The van der Waals surface area contributed by atoms with Gasteiger partial charge in [-0.25, -0.2) is 0 Å². The number of rotatable bonds is 2. The standard InChI is InChI=1S/C5H9.Li/c1-3-5-4-2;/h4-5H,1,3H2,2H3;/b5-4+;. The summed E-state index contributed by atoms with van der Waals surface area (Å²) in [5, 5.41) is 1.27. The van der Waals surface area contributed by atoms with Crippen molar-refractivity contribution in [2.45, 2.75) is 18.4 Å². The molecule has 30 valence electrons. The van der Waals surface area contributed by atoms with Crippen LogP contribution in [0.15, 0.2) is 12.2 Å². The van der Waals surface area contributed by atoms with Crippen LogP contribution in [0.2, 0.25) is 5.09 Å². The second-order valence-corrected chi connectivity index (χ2v) is 1.36. The van der Waals surface area contributed by atoms with E-state index in [-0.39, 0.29) is 0 Å². The fourth-order valence-corrected chi connectivity index (χ4v) is 0.333. The van der Waals surface area contributed by atoms with Crippen LogP contribution in [0, 0.1) is 0 Å². The predicted molar refractivity (Wildman–Crippen MR) is 30.0 cm³/mol. The van der Waals surface area contributed by atoms with E-state index in [0.717, 1.165) is 0 Å². The van der Waals surface area contributed by atoms with Crippen molar-refractivity contribution < 1.29 is 0 Å². The van der Waals surface area contributed by atoms with Crippen molar-refractivity contribution in [3.63, 3.8) is 0 Å². The van der Waals surface area contributed by atoms with Gasteiger partial charge in [-0.1, -0.05) is 0 Å². The van der Waals surface area contributed by atoms with Crippen LogP contribution in [0.25, 0.3) is 0 Å². The molecule has 0 aromatic carbocycles. The van der Waals surface area contributed by atoms with Gasteiger partial charge in [0.15, 0.2) is 0 Å². The van der Waals surface area contributed by atoms with Crippen molar-refractivity contribution in [3.8, 4) is 0 Å². The normalized spacial score (nSPS) is 10.5. The van der Waals surface area contributed by atoms with Gasteiger partial charge in [0.1, 0.15) is 0 Å². The Hall–Kier alpha value is 0.337. The molecule has 0 amide bonds. The molecule has 0 fully saturated rings. The van der Waals surface area contributed by atoms with Gasteiger partial charge >= 0.3 is 48.3 Å². The van der Waals surface area contributed by atoms with Gasteiger partial charge in [-0.05, 0) is 0 Å². The average molecular weight is 76.1 g/mol. The average Bonchev–Trinajstić information content (AvgIpc) is 1.61. The Morgan fingerprint density at radius 3 is 2.50 bits per heavy atom. The van der Waals surface area contributed by atoms with Gasteiger partial charge in [-0.15, -0.1) is 0 Å². The molecule has 0 aliphatic carbocycles. The van der Waals surface area contributed by atoms with Gasteiger partial charge in [0.05, 0.1) is 0 Å². The third-order valence-corrected chi connectivity index (χ3v) is 0.691. The third kappa shape index (κ3) is 4.34. The summed E-state index contributed by atoms with van der Waals surface area (Å²) >= 11 is 2.18. The van der Waals surface area contributed by atoms with Gasteiger partial charge in [0, 0.05) is 0 Å². The Balaban J connectivity index is 2.66. The topological polar surface area (TPSA) is 0 Å². The van der Waals surface area contributed by atoms with Crippen LogP contribution in [-0.4, -0.2) is 17.7 Å². The van der Waals surface area contributed by atoms with Crippen LogP contribution in [-0.2, 0) is 0 Å². The molecule has 0 aromatic rings. The molecule has 1 heteroatoms. The van der Waals surface area contributed by atoms with Crippen LogP contribution in [0.4, 0.5) is 0 Å². The van der Waals surface area contributed by atoms with Crippen molar-refractivity contribution in [1.29, 1.82) is 0 Å². The molecule has 0 rings (SSSR count). The Morgan fingerprint density at radius 1 is 1.67 bits per heavy atom. The molecule has 0 aliphatic rings. The summed E-state index contributed by atoms with van der Waals surface area (Å²) < 4.78 is 0. The summed E-state index contributed by atoms with van der Waals surface area (Å²) in [4.78, 5) is 0. The summed E-state index contributed by atoms with van der Waals surface area (Å²) in [7, 11) is 0. The summed E-state index contributed by atoms with van der Waals surface area (Å²) in [6.07, 6.45) is 5.50. The number of hydrogen-bond acceptors (Lipinski definition) is 0. The Kier molecular flexibility index (Phi) is 5.64. The quantitative estimate of drug-likeness (QED) is 0.345.